The SMILES string of the molecule is CCCn1cc(C(CN)N(C)Cc2ccc(C)o2)cn1. The third kappa shape index (κ3) is 3.49. The molecule has 0 aromatic carbocycles. The zero-order valence-corrected chi connectivity index (χ0v) is 12.5. The molecule has 1 unspecified atom stereocenters. The maximum atomic E-state index is 5.94. The molecule has 0 fully saturated rings. The predicted molar refractivity (Wildman–Crippen MR) is 79.2 cm³/mol. The van der Waals surface area contributed by atoms with E-state index in [4.69, 9.17) is 10.2 Å². The average Bonchev–Trinajstić information content (AvgIpc) is 3.01. The van der Waals surface area contributed by atoms with E-state index in [2.05, 4.69) is 30.2 Å². The molecule has 0 saturated heterocycles. The monoisotopic (exact) mass is 276 g/mol. The number of aromatic nitrogens is 2. The largest absolute Gasteiger partial charge is 0.465 e. The number of rotatable bonds is 7. The van der Waals surface area contributed by atoms with Gasteiger partial charge in [0, 0.05) is 24.8 Å². The highest BCUT2D eigenvalue weighted by Crippen LogP contribution is 2.20. The number of nitrogens with two attached hydrogens (primary N) is 1. The number of likely N-dealkylation sites (N-methyl/N-ethyl adjacent to an activating group) is 1. The van der Waals surface area contributed by atoms with E-state index in [0.717, 1.165) is 36.6 Å². The lowest BCUT2D eigenvalue weighted by Gasteiger charge is -2.25. The Balaban J connectivity index is 2.05. The van der Waals surface area contributed by atoms with E-state index in [0.29, 0.717) is 6.54 Å². The molecule has 0 saturated carbocycles. The maximum Gasteiger partial charge on any atom is 0.118 e. The van der Waals surface area contributed by atoms with E-state index < -0.39 is 0 Å². The van der Waals surface area contributed by atoms with Crippen molar-refractivity contribution < 1.29 is 4.42 Å². The fourth-order valence-corrected chi connectivity index (χ4v) is 2.40. The highest BCUT2D eigenvalue weighted by atomic mass is 16.3. The quantitative estimate of drug-likeness (QED) is 0.843. The number of aryl methyl sites for hydroxylation is 2. The molecule has 0 aliphatic heterocycles. The van der Waals surface area contributed by atoms with Crippen molar-refractivity contribution in [1.29, 1.82) is 0 Å². The first-order chi connectivity index (χ1) is 9.63. The van der Waals surface area contributed by atoms with Gasteiger partial charge in [-0.1, -0.05) is 6.92 Å². The molecule has 2 aromatic rings. The standard InChI is InChI=1S/C15H24N4O/c1-4-7-19-10-13(9-17-19)15(8-16)18(3)11-14-6-5-12(2)20-14/h5-6,9-10,15H,4,7-8,11,16H2,1-3H3. The molecule has 2 rings (SSSR count). The average molecular weight is 276 g/mol. The van der Waals surface area contributed by atoms with Crippen LogP contribution in [0, 0.1) is 6.92 Å². The van der Waals surface area contributed by atoms with Crippen LogP contribution in [-0.4, -0.2) is 28.3 Å². The molecule has 5 nitrogen and oxygen atoms in total. The van der Waals surface area contributed by atoms with Crippen LogP contribution in [0.1, 0.15) is 36.5 Å². The maximum absolute atomic E-state index is 5.94. The smallest absolute Gasteiger partial charge is 0.118 e. The van der Waals surface area contributed by atoms with Crippen LogP contribution in [0.2, 0.25) is 0 Å². The molecule has 20 heavy (non-hydrogen) atoms. The molecule has 2 aromatic heterocycles. The summed E-state index contributed by atoms with van der Waals surface area (Å²) in [4.78, 5) is 2.20. The van der Waals surface area contributed by atoms with Crippen LogP contribution in [0.4, 0.5) is 0 Å². The lowest BCUT2D eigenvalue weighted by atomic mass is 10.1. The van der Waals surface area contributed by atoms with Crippen molar-refractivity contribution in [2.24, 2.45) is 5.73 Å². The van der Waals surface area contributed by atoms with Gasteiger partial charge in [-0.15, -0.1) is 0 Å². The van der Waals surface area contributed by atoms with E-state index >= 15 is 0 Å². The molecule has 0 spiro atoms. The topological polar surface area (TPSA) is 60.2 Å². The molecule has 110 valence electrons. The number of hydrogen-bond donors (Lipinski definition) is 1. The minimum atomic E-state index is 0.158. The van der Waals surface area contributed by atoms with Crippen LogP contribution in [0.25, 0.3) is 0 Å². The minimum Gasteiger partial charge on any atom is -0.465 e. The third-order valence-corrected chi connectivity index (χ3v) is 3.45. The lowest BCUT2D eigenvalue weighted by molar-refractivity contribution is 0.221. The first kappa shape index (κ1) is 14.8. The Hall–Kier alpha value is -1.59. The van der Waals surface area contributed by atoms with E-state index in [1.54, 1.807) is 0 Å². The van der Waals surface area contributed by atoms with Gasteiger partial charge in [-0.3, -0.25) is 9.58 Å². The van der Waals surface area contributed by atoms with Crippen molar-refractivity contribution in [3.63, 3.8) is 0 Å². The van der Waals surface area contributed by atoms with Crippen molar-refractivity contribution in [3.05, 3.63) is 41.6 Å². The van der Waals surface area contributed by atoms with E-state index in [1.807, 2.05) is 29.9 Å². The van der Waals surface area contributed by atoms with Gasteiger partial charge >= 0.3 is 0 Å². The summed E-state index contributed by atoms with van der Waals surface area (Å²) in [6, 6.07) is 4.16. The number of furan rings is 1. The summed E-state index contributed by atoms with van der Waals surface area (Å²) in [6.07, 6.45) is 5.08. The van der Waals surface area contributed by atoms with Gasteiger partial charge in [0.25, 0.3) is 0 Å². The van der Waals surface area contributed by atoms with Crippen molar-refractivity contribution in [2.45, 2.75) is 39.4 Å². The number of hydrogen-bond acceptors (Lipinski definition) is 4. The fraction of sp³-hybridized carbons (Fsp3) is 0.533. The zero-order chi connectivity index (χ0) is 14.5. The molecule has 0 aliphatic carbocycles. The van der Waals surface area contributed by atoms with Crippen LogP contribution < -0.4 is 5.73 Å². The summed E-state index contributed by atoms with van der Waals surface area (Å²) in [7, 11) is 2.06. The molecule has 2 N–H and O–H groups in total. The highest BCUT2D eigenvalue weighted by molar-refractivity contribution is 5.12. The summed E-state index contributed by atoms with van der Waals surface area (Å²) in [5.74, 6) is 1.90. The molecule has 0 aliphatic rings. The molecule has 0 radical (unpaired) electrons. The fourth-order valence-electron chi connectivity index (χ4n) is 2.40. The van der Waals surface area contributed by atoms with Crippen molar-refractivity contribution in [3.8, 4) is 0 Å². The second kappa shape index (κ2) is 6.72. The molecule has 0 bridgehead atoms. The molecular weight excluding hydrogens is 252 g/mol. The first-order valence-electron chi connectivity index (χ1n) is 7.12. The van der Waals surface area contributed by atoms with Crippen molar-refractivity contribution >= 4 is 0 Å². The van der Waals surface area contributed by atoms with E-state index in [9.17, 15) is 0 Å². The summed E-state index contributed by atoms with van der Waals surface area (Å²) in [6.45, 7) is 6.35. The molecule has 0 amide bonds. The third-order valence-electron chi connectivity index (χ3n) is 3.45. The molecule has 5 heteroatoms. The second-order valence-electron chi connectivity index (χ2n) is 5.22. The Morgan fingerprint density at radius 1 is 1.45 bits per heavy atom. The lowest BCUT2D eigenvalue weighted by Crippen LogP contribution is -2.29. The molecular formula is C15H24N4O. The molecule has 1 atom stereocenters. The van der Waals surface area contributed by atoms with Crippen molar-refractivity contribution in [1.82, 2.24) is 14.7 Å². The minimum absolute atomic E-state index is 0.158. The summed E-state index contributed by atoms with van der Waals surface area (Å²) < 4.78 is 7.60. The van der Waals surface area contributed by atoms with Crippen LogP contribution in [-0.2, 0) is 13.1 Å². The summed E-state index contributed by atoms with van der Waals surface area (Å²) in [5, 5.41) is 4.38. The van der Waals surface area contributed by atoms with Gasteiger partial charge in [0.2, 0.25) is 0 Å². The van der Waals surface area contributed by atoms with E-state index in [1.165, 1.54) is 0 Å². The predicted octanol–water partition coefficient (Wildman–Crippen LogP) is 2.33. The van der Waals surface area contributed by atoms with Gasteiger partial charge in [0.1, 0.15) is 11.5 Å². The summed E-state index contributed by atoms with van der Waals surface area (Å²) in [5.41, 5.74) is 7.10. The van der Waals surface area contributed by atoms with Crippen LogP contribution in [0.3, 0.4) is 0 Å². The Morgan fingerprint density at radius 2 is 2.25 bits per heavy atom. The Labute approximate surface area is 120 Å². The van der Waals surface area contributed by atoms with Crippen LogP contribution in [0.15, 0.2) is 28.9 Å². The number of nitrogens with zero attached hydrogens (tertiary/aromatic N) is 3. The Morgan fingerprint density at radius 3 is 2.85 bits per heavy atom. The van der Waals surface area contributed by atoms with Gasteiger partial charge < -0.3 is 10.2 Å². The van der Waals surface area contributed by atoms with Crippen LogP contribution >= 0.6 is 0 Å². The Kier molecular flexibility index (Phi) is 4.98. The van der Waals surface area contributed by atoms with Gasteiger partial charge in [0.15, 0.2) is 0 Å². The second-order valence-corrected chi connectivity index (χ2v) is 5.22. The zero-order valence-electron chi connectivity index (χ0n) is 12.5. The van der Waals surface area contributed by atoms with Gasteiger partial charge in [-0.05, 0) is 32.5 Å². The van der Waals surface area contributed by atoms with Gasteiger partial charge in [-0.25, -0.2) is 0 Å². The van der Waals surface area contributed by atoms with Gasteiger partial charge in [0.05, 0.1) is 18.8 Å². The summed E-state index contributed by atoms with van der Waals surface area (Å²) >= 11 is 0. The van der Waals surface area contributed by atoms with E-state index in [-0.39, 0.29) is 6.04 Å². The normalized spacial score (nSPS) is 13.1. The van der Waals surface area contributed by atoms with Crippen molar-refractivity contribution in [2.75, 3.05) is 13.6 Å². The van der Waals surface area contributed by atoms with Crippen LogP contribution in [0.5, 0.6) is 0 Å². The highest BCUT2D eigenvalue weighted by Gasteiger charge is 2.18. The first-order valence-corrected chi connectivity index (χ1v) is 7.12. The Bertz CT molecular complexity index is 531. The molecule has 2 heterocycles. The van der Waals surface area contributed by atoms with Gasteiger partial charge in [-0.2, -0.15) is 5.10 Å².